The molecular weight excluding hydrogens is 276 g/mol. The summed E-state index contributed by atoms with van der Waals surface area (Å²) in [6, 6.07) is 15.9. The van der Waals surface area contributed by atoms with E-state index in [1.807, 2.05) is 24.3 Å². The number of anilines is 2. The number of nitrogen functional groups attached to an aromatic ring is 2. The van der Waals surface area contributed by atoms with Crippen LogP contribution in [0.5, 0.6) is 0 Å². The minimum Gasteiger partial charge on any atom is -0.398 e. The van der Waals surface area contributed by atoms with Crippen LogP contribution in [0.1, 0.15) is 18.9 Å². The van der Waals surface area contributed by atoms with Gasteiger partial charge in [0, 0.05) is 20.3 Å². The summed E-state index contributed by atoms with van der Waals surface area (Å²) in [4.78, 5) is 20.9. The molecule has 0 aliphatic rings. The number of nitrogens with two attached hydrogens (primary N) is 2. The lowest BCUT2D eigenvalue weighted by molar-refractivity contribution is 0.103. The summed E-state index contributed by atoms with van der Waals surface area (Å²) in [6.45, 7) is 0. The molecular formula is C17H18N4O. The molecule has 3 rings (SSSR count). The molecule has 0 spiro atoms. The largest absolute Gasteiger partial charge is 0.398 e. The number of pyridine rings is 2. The Hall–Kier alpha value is -3.21. The Kier molecular flexibility index (Phi) is 3.53. The van der Waals surface area contributed by atoms with Gasteiger partial charge in [0.25, 0.3) is 0 Å². The summed E-state index contributed by atoms with van der Waals surface area (Å²) in [5, 5.41) is 0. The van der Waals surface area contributed by atoms with E-state index in [4.69, 9.17) is 11.5 Å². The second kappa shape index (κ2) is 5.65. The Morgan fingerprint density at radius 2 is 1.77 bits per heavy atom. The van der Waals surface area contributed by atoms with Crippen molar-refractivity contribution in [1.82, 2.24) is 9.97 Å². The second-order valence-electron chi connectivity index (χ2n) is 4.76. The Morgan fingerprint density at radius 3 is 2.55 bits per heavy atom. The lowest BCUT2D eigenvalue weighted by Crippen LogP contribution is -2.09. The molecule has 2 heterocycles. The number of benzene rings is 1. The number of nitrogens with zero attached hydrogens (tertiary/aromatic N) is 2. The standard InChI is InChI=1S/C17H14N4O.2H2/c18-13-7-2-1-5-11(13)14-8-3-9-15(21-14)16(22)12-6-4-10-20-17(12)19;;/h1-10H,18H2,(H2,19,20);2*1H. The van der Waals surface area contributed by atoms with Gasteiger partial charge in [-0.3, -0.25) is 4.79 Å². The maximum atomic E-state index is 12.5. The topological polar surface area (TPSA) is 94.9 Å². The fourth-order valence-electron chi connectivity index (χ4n) is 2.19. The van der Waals surface area contributed by atoms with Gasteiger partial charge in [0.1, 0.15) is 11.5 Å². The normalized spacial score (nSPS) is 10.4. The smallest absolute Gasteiger partial charge is 0.215 e. The van der Waals surface area contributed by atoms with Crippen LogP contribution in [0.2, 0.25) is 0 Å². The molecule has 0 bridgehead atoms. The van der Waals surface area contributed by atoms with Crippen LogP contribution in [0, 0.1) is 0 Å². The van der Waals surface area contributed by atoms with Crippen molar-refractivity contribution in [3.05, 3.63) is 72.1 Å². The third-order valence-corrected chi connectivity index (χ3v) is 3.30. The zero-order valence-corrected chi connectivity index (χ0v) is 11.7. The molecule has 0 amide bonds. The first-order valence-electron chi connectivity index (χ1n) is 6.74. The molecule has 0 radical (unpaired) electrons. The molecule has 0 atom stereocenters. The summed E-state index contributed by atoms with van der Waals surface area (Å²) in [7, 11) is 0. The summed E-state index contributed by atoms with van der Waals surface area (Å²) >= 11 is 0. The summed E-state index contributed by atoms with van der Waals surface area (Å²) < 4.78 is 0. The monoisotopic (exact) mass is 294 g/mol. The zero-order valence-electron chi connectivity index (χ0n) is 11.7. The number of aromatic nitrogens is 2. The number of rotatable bonds is 3. The Labute approximate surface area is 130 Å². The fraction of sp³-hybridized carbons (Fsp3) is 0. The van der Waals surface area contributed by atoms with Crippen molar-refractivity contribution < 1.29 is 7.65 Å². The molecule has 0 unspecified atom stereocenters. The number of hydrogen-bond donors (Lipinski definition) is 2. The number of carbonyl (C=O) groups excluding carboxylic acids is 1. The van der Waals surface area contributed by atoms with Crippen molar-refractivity contribution in [1.29, 1.82) is 0 Å². The van der Waals surface area contributed by atoms with Gasteiger partial charge in [0.2, 0.25) is 5.78 Å². The van der Waals surface area contributed by atoms with E-state index in [1.54, 1.807) is 36.5 Å². The quantitative estimate of drug-likeness (QED) is 0.572. The molecule has 0 saturated carbocycles. The lowest BCUT2D eigenvalue weighted by Gasteiger charge is -2.07. The van der Waals surface area contributed by atoms with Gasteiger partial charge >= 0.3 is 0 Å². The average molecular weight is 294 g/mol. The number of carbonyl (C=O) groups is 1. The highest BCUT2D eigenvalue weighted by molar-refractivity contribution is 6.10. The SMILES string of the molecule is Nc1ccccc1-c1cccc(C(=O)c2cccnc2N)n1.[HH].[HH]. The van der Waals surface area contributed by atoms with Crippen LogP contribution >= 0.6 is 0 Å². The van der Waals surface area contributed by atoms with Crippen molar-refractivity contribution in [2.24, 2.45) is 0 Å². The van der Waals surface area contributed by atoms with E-state index in [-0.39, 0.29) is 14.5 Å². The zero-order chi connectivity index (χ0) is 15.5. The van der Waals surface area contributed by atoms with Crippen LogP contribution in [-0.4, -0.2) is 15.8 Å². The highest BCUT2D eigenvalue weighted by atomic mass is 16.1. The fourth-order valence-corrected chi connectivity index (χ4v) is 2.19. The van der Waals surface area contributed by atoms with Crippen molar-refractivity contribution in [3.63, 3.8) is 0 Å². The van der Waals surface area contributed by atoms with E-state index < -0.39 is 0 Å². The molecule has 2 aromatic heterocycles. The van der Waals surface area contributed by atoms with E-state index in [1.165, 1.54) is 0 Å². The van der Waals surface area contributed by atoms with E-state index in [0.717, 1.165) is 5.56 Å². The molecule has 1 aromatic carbocycles. The first-order chi connectivity index (χ1) is 10.7. The third kappa shape index (κ3) is 2.52. The minimum absolute atomic E-state index is 0. The van der Waals surface area contributed by atoms with Crippen molar-refractivity contribution >= 4 is 17.3 Å². The Balaban J connectivity index is 0.00000144. The van der Waals surface area contributed by atoms with Crippen LogP contribution in [0.25, 0.3) is 11.3 Å². The maximum Gasteiger partial charge on any atom is 0.215 e. The van der Waals surface area contributed by atoms with Crippen LogP contribution < -0.4 is 11.5 Å². The number of ketones is 1. The van der Waals surface area contributed by atoms with Crippen LogP contribution in [0.15, 0.2) is 60.8 Å². The Bertz CT molecular complexity index is 855. The lowest BCUT2D eigenvalue weighted by atomic mass is 10.1. The van der Waals surface area contributed by atoms with Crippen LogP contribution in [0.3, 0.4) is 0 Å². The number of para-hydroxylation sites is 1. The molecule has 3 aromatic rings. The molecule has 5 heteroatoms. The van der Waals surface area contributed by atoms with E-state index in [9.17, 15) is 4.79 Å². The molecule has 112 valence electrons. The molecule has 0 aliphatic carbocycles. The van der Waals surface area contributed by atoms with Crippen molar-refractivity contribution in [2.75, 3.05) is 11.5 Å². The van der Waals surface area contributed by atoms with Gasteiger partial charge in [-0.05, 0) is 30.3 Å². The first kappa shape index (κ1) is 13.8. The van der Waals surface area contributed by atoms with E-state index >= 15 is 0 Å². The van der Waals surface area contributed by atoms with Gasteiger partial charge in [-0.25, -0.2) is 9.97 Å². The maximum absolute atomic E-state index is 12.5. The van der Waals surface area contributed by atoms with Gasteiger partial charge in [-0.2, -0.15) is 0 Å². The predicted molar refractivity (Wildman–Crippen MR) is 90.4 cm³/mol. The molecule has 4 N–H and O–H groups in total. The average Bonchev–Trinajstić information content (AvgIpc) is 2.55. The van der Waals surface area contributed by atoms with Crippen molar-refractivity contribution in [2.45, 2.75) is 0 Å². The highest BCUT2D eigenvalue weighted by Gasteiger charge is 2.15. The van der Waals surface area contributed by atoms with Gasteiger partial charge in [-0.1, -0.05) is 24.3 Å². The molecule has 5 nitrogen and oxygen atoms in total. The molecule has 0 saturated heterocycles. The summed E-state index contributed by atoms with van der Waals surface area (Å²) in [5.41, 5.74) is 14.4. The van der Waals surface area contributed by atoms with Gasteiger partial charge in [-0.15, -0.1) is 0 Å². The Morgan fingerprint density at radius 1 is 0.955 bits per heavy atom. The summed E-state index contributed by atoms with van der Waals surface area (Å²) in [5.74, 6) is -0.0686. The summed E-state index contributed by atoms with van der Waals surface area (Å²) in [6.07, 6.45) is 1.54. The second-order valence-corrected chi connectivity index (χ2v) is 4.76. The van der Waals surface area contributed by atoms with E-state index in [0.29, 0.717) is 22.6 Å². The van der Waals surface area contributed by atoms with Gasteiger partial charge in [0.15, 0.2) is 0 Å². The van der Waals surface area contributed by atoms with Gasteiger partial charge < -0.3 is 11.5 Å². The molecule has 0 aliphatic heterocycles. The predicted octanol–water partition coefficient (Wildman–Crippen LogP) is 3.03. The van der Waals surface area contributed by atoms with Crippen LogP contribution in [-0.2, 0) is 0 Å². The van der Waals surface area contributed by atoms with E-state index in [2.05, 4.69) is 9.97 Å². The first-order valence-corrected chi connectivity index (χ1v) is 6.74. The molecule has 22 heavy (non-hydrogen) atoms. The highest BCUT2D eigenvalue weighted by Crippen LogP contribution is 2.24. The third-order valence-electron chi connectivity index (χ3n) is 3.30. The van der Waals surface area contributed by atoms with Crippen LogP contribution in [0.4, 0.5) is 11.5 Å². The van der Waals surface area contributed by atoms with Gasteiger partial charge in [0.05, 0.1) is 11.3 Å². The van der Waals surface area contributed by atoms with Crippen molar-refractivity contribution in [3.8, 4) is 11.3 Å². The molecule has 0 fully saturated rings. The minimum atomic E-state index is -0.262. The number of hydrogen-bond acceptors (Lipinski definition) is 5.